The molecule has 0 aliphatic rings. The van der Waals surface area contributed by atoms with Crippen molar-refractivity contribution in [3.05, 3.63) is 10.8 Å². The Labute approximate surface area is 75.5 Å². The normalized spacial score (nSPS) is 11.5. The average molecular weight is 204 g/mol. The summed E-state index contributed by atoms with van der Waals surface area (Å²) >= 11 is 1.86. The third-order valence-corrected chi connectivity index (χ3v) is 5.52. The van der Waals surface area contributed by atoms with E-state index >= 15 is 0 Å². The predicted molar refractivity (Wildman–Crippen MR) is 61.1 cm³/mol. The zero-order valence-corrected chi connectivity index (χ0v) is 10.1. The van der Waals surface area contributed by atoms with Crippen molar-refractivity contribution in [2.75, 3.05) is 26.7 Å². The highest BCUT2D eigenvalue weighted by molar-refractivity contribution is 7.71. The molecule has 3 heteroatoms. The molecule has 11 heavy (non-hydrogen) atoms. The van der Waals surface area contributed by atoms with Gasteiger partial charge in [-0.05, 0) is 48.0 Å². The van der Waals surface area contributed by atoms with Crippen LogP contribution in [0.2, 0.25) is 0 Å². The van der Waals surface area contributed by atoms with Gasteiger partial charge < -0.3 is 0 Å². The van der Waals surface area contributed by atoms with Gasteiger partial charge in [-0.25, -0.2) is 0 Å². The second kappa shape index (κ2) is 3.99. The molecule has 0 atom stereocenters. The van der Waals surface area contributed by atoms with Crippen molar-refractivity contribution in [2.45, 2.75) is 0 Å². The van der Waals surface area contributed by atoms with E-state index in [1.165, 1.54) is 0 Å². The topological polar surface area (TPSA) is 0 Å². The second-order valence-electron chi connectivity index (χ2n) is 2.93. The SMILES string of the molecule is CP(C)c1cscc1P(C)C. The van der Waals surface area contributed by atoms with Gasteiger partial charge in [-0.15, -0.1) is 0 Å². The van der Waals surface area contributed by atoms with E-state index in [4.69, 9.17) is 0 Å². The highest BCUT2D eigenvalue weighted by Gasteiger charge is 2.09. The first kappa shape index (κ1) is 9.65. The van der Waals surface area contributed by atoms with Gasteiger partial charge in [0.25, 0.3) is 0 Å². The summed E-state index contributed by atoms with van der Waals surface area (Å²) in [5.41, 5.74) is 0. The van der Waals surface area contributed by atoms with Crippen molar-refractivity contribution in [3.63, 3.8) is 0 Å². The Kier molecular flexibility index (Phi) is 3.50. The summed E-state index contributed by atoms with van der Waals surface area (Å²) in [6, 6.07) is 0. The molecular weight excluding hydrogens is 190 g/mol. The summed E-state index contributed by atoms with van der Waals surface area (Å²) in [7, 11) is 0.230. The highest BCUT2D eigenvalue weighted by atomic mass is 32.1. The minimum absolute atomic E-state index is 0.115. The van der Waals surface area contributed by atoms with Crippen molar-refractivity contribution in [1.29, 1.82) is 0 Å². The molecule has 1 aromatic heterocycles. The van der Waals surface area contributed by atoms with Crippen LogP contribution in [0.1, 0.15) is 0 Å². The highest BCUT2D eigenvalue weighted by Crippen LogP contribution is 2.31. The smallest absolute Gasteiger partial charge is 0.000987 e. The van der Waals surface area contributed by atoms with Gasteiger partial charge in [-0.2, -0.15) is 11.3 Å². The zero-order valence-electron chi connectivity index (χ0n) is 7.46. The van der Waals surface area contributed by atoms with Crippen LogP contribution in [0.25, 0.3) is 0 Å². The van der Waals surface area contributed by atoms with Crippen LogP contribution >= 0.6 is 27.2 Å². The molecule has 0 aliphatic carbocycles. The molecule has 0 fully saturated rings. The molecule has 0 saturated heterocycles. The molecule has 1 aromatic rings. The lowest BCUT2D eigenvalue weighted by Gasteiger charge is -2.10. The molecule has 0 bridgehead atoms. The van der Waals surface area contributed by atoms with Crippen molar-refractivity contribution >= 4 is 37.8 Å². The maximum Gasteiger partial charge on any atom is -0.000987 e. The number of hydrogen-bond acceptors (Lipinski definition) is 1. The summed E-state index contributed by atoms with van der Waals surface area (Å²) in [6.45, 7) is 9.33. The van der Waals surface area contributed by atoms with Gasteiger partial charge in [-0.1, -0.05) is 15.8 Å². The van der Waals surface area contributed by atoms with Crippen LogP contribution in [0.4, 0.5) is 0 Å². The summed E-state index contributed by atoms with van der Waals surface area (Å²) < 4.78 is 0. The van der Waals surface area contributed by atoms with E-state index in [1.807, 2.05) is 11.3 Å². The molecule has 0 amide bonds. The Bertz CT molecular complexity index is 205. The molecule has 0 N–H and O–H groups in total. The van der Waals surface area contributed by atoms with Crippen molar-refractivity contribution in [1.82, 2.24) is 0 Å². The molecule has 0 aromatic carbocycles. The number of rotatable bonds is 2. The zero-order chi connectivity index (χ0) is 8.43. The lowest BCUT2D eigenvalue weighted by Crippen LogP contribution is -2.15. The van der Waals surface area contributed by atoms with Gasteiger partial charge in [-0.3, -0.25) is 0 Å². The predicted octanol–water partition coefficient (Wildman–Crippen LogP) is 2.48. The van der Waals surface area contributed by atoms with E-state index in [-0.39, 0.29) is 15.8 Å². The monoisotopic (exact) mass is 204 g/mol. The largest absolute Gasteiger partial charge is 0.151 e. The Hall–Kier alpha value is 0.560. The van der Waals surface area contributed by atoms with Gasteiger partial charge >= 0.3 is 0 Å². The standard InChI is InChI=1S/C8H14P2S/c1-9(2)7-5-11-6-8(7)10(3)4/h5-6H,1-4H3. The van der Waals surface area contributed by atoms with E-state index in [0.29, 0.717) is 0 Å². The Morgan fingerprint density at radius 3 is 1.55 bits per heavy atom. The molecule has 0 aliphatic heterocycles. The molecule has 0 saturated carbocycles. The Balaban J connectivity index is 2.96. The van der Waals surface area contributed by atoms with E-state index in [9.17, 15) is 0 Å². The lowest BCUT2D eigenvalue weighted by molar-refractivity contribution is 2.11. The lowest BCUT2D eigenvalue weighted by atomic mass is 10.7. The first-order chi connectivity index (χ1) is 5.13. The van der Waals surface area contributed by atoms with Crippen molar-refractivity contribution in [2.24, 2.45) is 0 Å². The fourth-order valence-electron chi connectivity index (χ4n) is 0.953. The van der Waals surface area contributed by atoms with Crippen LogP contribution < -0.4 is 10.6 Å². The molecule has 1 heterocycles. The minimum Gasteiger partial charge on any atom is -0.151 e. The van der Waals surface area contributed by atoms with Crippen molar-refractivity contribution in [3.8, 4) is 0 Å². The maximum atomic E-state index is 2.33. The van der Waals surface area contributed by atoms with Crippen LogP contribution in [-0.4, -0.2) is 26.7 Å². The van der Waals surface area contributed by atoms with Crippen LogP contribution in [0.15, 0.2) is 10.8 Å². The van der Waals surface area contributed by atoms with Gasteiger partial charge in [0.1, 0.15) is 0 Å². The molecule has 0 spiro atoms. The molecule has 0 radical (unpaired) electrons. The molecule has 62 valence electrons. The first-order valence-electron chi connectivity index (χ1n) is 3.53. The van der Waals surface area contributed by atoms with E-state index in [0.717, 1.165) is 0 Å². The van der Waals surface area contributed by atoms with Crippen molar-refractivity contribution < 1.29 is 0 Å². The van der Waals surface area contributed by atoms with Crippen LogP contribution in [0.3, 0.4) is 0 Å². The Morgan fingerprint density at radius 1 is 0.909 bits per heavy atom. The average Bonchev–Trinajstić information content (AvgIpc) is 2.32. The van der Waals surface area contributed by atoms with E-state index in [1.54, 1.807) is 10.6 Å². The van der Waals surface area contributed by atoms with E-state index in [2.05, 4.69) is 37.4 Å². The number of thiophene rings is 1. The summed E-state index contributed by atoms with van der Waals surface area (Å²) in [6.07, 6.45) is 0. The molecule has 0 unspecified atom stereocenters. The fourth-order valence-corrected chi connectivity index (χ4v) is 6.00. The fraction of sp³-hybridized carbons (Fsp3) is 0.500. The first-order valence-corrected chi connectivity index (χ1v) is 8.95. The van der Waals surface area contributed by atoms with Gasteiger partial charge in [0.05, 0.1) is 0 Å². The summed E-state index contributed by atoms with van der Waals surface area (Å²) in [5, 5.41) is 7.90. The summed E-state index contributed by atoms with van der Waals surface area (Å²) in [5.74, 6) is 0. The third kappa shape index (κ3) is 2.25. The number of hydrogen-bond donors (Lipinski definition) is 0. The van der Waals surface area contributed by atoms with Crippen LogP contribution in [0.5, 0.6) is 0 Å². The van der Waals surface area contributed by atoms with Gasteiger partial charge in [0, 0.05) is 0 Å². The third-order valence-electron chi connectivity index (χ3n) is 1.59. The van der Waals surface area contributed by atoms with Gasteiger partial charge in [0.15, 0.2) is 0 Å². The molecule has 1 rings (SSSR count). The van der Waals surface area contributed by atoms with Crippen LogP contribution in [0, 0.1) is 0 Å². The Morgan fingerprint density at radius 2 is 1.27 bits per heavy atom. The molecule has 0 nitrogen and oxygen atoms in total. The molecular formula is C8H14P2S. The quantitative estimate of drug-likeness (QED) is 0.649. The second-order valence-corrected chi connectivity index (χ2v) is 8.22. The minimum atomic E-state index is 0.115. The van der Waals surface area contributed by atoms with E-state index < -0.39 is 0 Å². The van der Waals surface area contributed by atoms with Gasteiger partial charge in [0.2, 0.25) is 0 Å². The van der Waals surface area contributed by atoms with Crippen LogP contribution in [-0.2, 0) is 0 Å². The summed E-state index contributed by atoms with van der Waals surface area (Å²) in [4.78, 5) is 0. The maximum absolute atomic E-state index is 2.33.